The van der Waals surface area contributed by atoms with Gasteiger partial charge in [0.25, 0.3) is 0 Å². The van der Waals surface area contributed by atoms with Crippen molar-refractivity contribution in [1.82, 2.24) is 9.78 Å². The van der Waals surface area contributed by atoms with Crippen LogP contribution in [-0.2, 0) is 17.8 Å². The zero-order valence-corrected chi connectivity index (χ0v) is 12.5. The summed E-state index contributed by atoms with van der Waals surface area (Å²) in [4.78, 5) is 12.4. The van der Waals surface area contributed by atoms with Gasteiger partial charge in [-0.2, -0.15) is 5.10 Å². The SMILES string of the molecule is CCn1nc(C)c(Br)c1CC(=O)C1C2CCCC21. The summed E-state index contributed by atoms with van der Waals surface area (Å²) in [6.45, 7) is 4.88. The van der Waals surface area contributed by atoms with Crippen molar-refractivity contribution in [3.05, 3.63) is 15.9 Å². The van der Waals surface area contributed by atoms with E-state index >= 15 is 0 Å². The van der Waals surface area contributed by atoms with E-state index in [9.17, 15) is 4.79 Å². The van der Waals surface area contributed by atoms with Crippen molar-refractivity contribution in [1.29, 1.82) is 0 Å². The van der Waals surface area contributed by atoms with Crippen molar-refractivity contribution < 1.29 is 4.79 Å². The minimum absolute atomic E-state index is 0.367. The molecule has 1 aromatic heterocycles. The Morgan fingerprint density at radius 1 is 1.44 bits per heavy atom. The first-order chi connectivity index (χ1) is 8.63. The van der Waals surface area contributed by atoms with Crippen LogP contribution in [0.3, 0.4) is 0 Å². The fourth-order valence-corrected chi connectivity index (χ4v) is 4.04. The van der Waals surface area contributed by atoms with E-state index in [0.29, 0.717) is 18.1 Å². The number of carbonyl (C=O) groups excluding carboxylic acids is 1. The number of nitrogens with zero attached hydrogens (tertiary/aromatic N) is 2. The zero-order valence-electron chi connectivity index (χ0n) is 10.9. The van der Waals surface area contributed by atoms with Crippen molar-refractivity contribution in [2.45, 2.75) is 46.1 Å². The number of carbonyl (C=O) groups is 1. The third-order valence-corrected chi connectivity index (χ3v) is 5.60. The highest BCUT2D eigenvalue weighted by Crippen LogP contribution is 2.58. The van der Waals surface area contributed by atoms with E-state index in [1.165, 1.54) is 19.3 Å². The van der Waals surface area contributed by atoms with E-state index < -0.39 is 0 Å². The Bertz CT molecular complexity index is 484. The maximum absolute atomic E-state index is 12.4. The summed E-state index contributed by atoms with van der Waals surface area (Å²) in [5, 5.41) is 4.45. The third-order valence-electron chi connectivity index (χ3n) is 4.57. The largest absolute Gasteiger partial charge is 0.299 e. The molecule has 1 aromatic rings. The van der Waals surface area contributed by atoms with Gasteiger partial charge in [0.05, 0.1) is 15.9 Å². The average molecular weight is 311 g/mol. The molecule has 0 amide bonds. The van der Waals surface area contributed by atoms with Crippen LogP contribution in [0.5, 0.6) is 0 Å². The highest BCUT2D eigenvalue weighted by molar-refractivity contribution is 9.10. The summed E-state index contributed by atoms with van der Waals surface area (Å²) in [6, 6.07) is 0. The van der Waals surface area contributed by atoms with Gasteiger partial charge >= 0.3 is 0 Å². The molecule has 0 N–H and O–H groups in total. The molecule has 2 saturated carbocycles. The highest BCUT2D eigenvalue weighted by atomic mass is 79.9. The third kappa shape index (κ3) is 1.85. The molecule has 0 bridgehead atoms. The number of aryl methyl sites for hydroxylation is 2. The van der Waals surface area contributed by atoms with Gasteiger partial charge < -0.3 is 0 Å². The number of rotatable bonds is 4. The van der Waals surface area contributed by atoms with Crippen LogP contribution in [0.15, 0.2) is 4.47 Å². The first-order valence-corrected chi connectivity index (χ1v) is 7.67. The Hall–Kier alpha value is -0.640. The molecular weight excluding hydrogens is 292 g/mol. The van der Waals surface area contributed by atoms with Crippen molar-refractivity contribution in [3.63, 3.8) is 0 Å². The molecule has 0 aliphatic heterocycles. The maximum atomic E-state index is 12.4. The van der Waals surface area contributed by atoms with E-state index in [0.717, 1.165) is 34.2 Å². The van der Waals surface area contributed by atoms with Crippen molar-refractivity contribution >= 4 is 21.7 Å². The average Bonchev–Trinajstić information content (AvgIpc) is 2.71. The Morgan fingerprint density at radius 2 is 2.11 bits per heavy atom. The van der Waals surface area contributed by atoms with Gasteiger partial charge in [0.1, 0.15) is 5.78 Å². The number of aromatic nitrogens is 2. The Balaban J connectivity index is 1.75. The lowest BCUT2D eigenvalue weighted by molar-refractivity contribution is -0.120. The van der Waals surface area contributed by atoms with Crippen molar-refractivity contribution in [2.75, 3.05) is 0 Å². The summed E-state index contributed by atoms with van der Waals surface area (Å²) in [7, 11) is 0. The fraction of sp³-hybridized carbons (Fsp3) is 0.714. The second-order valence-corrected chi connectivity index (χ2v) is 6.38. The molecule has 0 aromatic carbocycles. The standard InChI is InChI=1S/C14H19BrN2O/c1-3-17-11(14(15)8(2)16-17)7-12(18)13-9-5-4-6-10(9)13/h9-10,13H,3-7H2,1-2H3. The van der Waals surface area contributed by atoms with Crippen LogP contribution in [0, 0.1) is 24.7 Å². The zero-order chi connectivity index (χ0) is 12.9. The quantitative estimate of drug-likeness (QED) is 0.856. The van der Waals surface area contributed by atoms with Crippen LogP contribution in [0.4, 0.5) is 0 Å². The lowest BCUT2D eigenvalue weighted by Gasteiger charge is -2.06. The van der Waals surface area contributed by atoms with Crippen molar-refractivity contribution in [3.8, 4) is 0 Å². The molecule has 2 aliphatic carbocycles. The lowest BCUT2D eigenvalue weighted by Crippen LogP contribution is -2.13. The number of halogens is 1. The van der Waals surface area contributed by atoms with E-state index in [1.54, 1.807) is 0 Å². The smallest absolute Gasteiger partial charge is 0.142 e. The number of ketones is 1. The van der Waals surface area contributed by atoms with E-state index in [1.807, 2.05) is 11.6 Å². The molecular formula is C14H19BrN2O. The van der Waals surface area contributed by atoms with Gasteiger partial charge in [-0.3, -0.25) is 9.48 Å². The minimum atomic E-state index is 0.367. The summed E-state index contributed by atoms with van der Waals surface area (Å²) in [6.07, 6.45) is 4.42. The molecule has 0 radical (unpaired) electrons. The lowest BCUT2D eigenvalue weighted by atomic mass is 10.0. The van der Waals surface area contributed by atoms with Gasteiger partial charge in [-0.25, -0.2) is 0 Å². The number of Topliss-reactive ketones (excluding diaryl/α,β-unsaturated/α-hetero) is 1. The monoisotopic (exact) mass is 310 g/mol. The molecule has 2 fully saturated rings. The van der Waals surface area contributed by atoms with Crippen molar-refractivity contribution in [2.24, 2.45) is 17.8 Å². The second-order valence-electron chi connectivity index (χ2n) is 5.59. The van der Waals surface area contributed by atoms with Crippen LogP contribution in [0.25, 0.3) is 0 Å². The van der Waals surface area contributed by atoms with Crippen LogP contribution >= 0.6 is 15.9 Å². The molecule has 0 saturated heterocycles. The van der Waals surface area contributed by atoms with Gasteiger partial charge in [0, 0.05) is 18.9 Å². The van der Waals surface area contributed by atoms with Crippen LogP contribution < -0.4 is 0 Å². The molecule has 4 heteroatoms. The van der Waals surface area contributed by atoms with Gasteiger partial charge in [-0.1, -0.05) is 6.42 Å². The predicted molar refractivity (Wildman–Crippen MR) is 73.4 cm³/mol. The van der Waals surface area contributed by atoms with E-state index in [4.69, 9.17) is 0 Å². The topological polar surface area (TPSA) is 34.9 Å². The number of fused-ring (bicyclic) bond motifs is 1. The number of hydrogen-bond acceptors (Lipinski definition) is 2. The first kappa shape index (κ1) is 12.4. The van der Waals surface area contributed by atoms with Gasteiger partial charge in [-0.05, 0) is 54.5 Å². The maximum Gasteiger partial charge on any atom is 0.142 e. The van der Waals surface area contributed by atoms with Crippen LogP contribution in [0.1, 0.15) is 37.6 Å². The molecule has 3 rings (SSSR count). The summed E-state index contributed by atoms with van der Waals surface area (Å²) in [5.74, 6) is 2.23. The second kappa shape index (κ2) is 4.48. The normalized spacial score (nSPS) is 29.4. The van der Waals surface area contributed by atoms with Gasteiger partial charge in [0.2, 0.25) is 0 Å². The Labute approximate surface area is 116 Å². The minimum Gasteiger partial charge on any atom is -0.299 e. The number of hydrogen-bond donors (Lipinski definition) is 0. The van der Waals surface area contributed by atoms with E-state index in [-0.39, 0.29) is 0 Å². The highest BCUT2D eigenvalue weighted by Gasteiger charge is 2.55. The van der Waals surface area contributed by atoms with Gasteiger partial charge in [0.15, 0.2) is 0 Å². The molecule has 0 spiro atoms. The Kier molecular flexibility index (Phi) is 3.08. The summed E-state index contributed by atoms with van der Waals surface area (Å²) in [5.41, 5.74) is 2.04. The van der Waals surface area contributed by atoms with Crippen LogP contribution in [0.2, 0.25) is 0 Å². The molecule has 2 unspecified atom stereocenters. The van der Waals surface area contributed by atoms with Crippen LogP contribution in [-0.4, -0.2) is 15.6 Å². The molecule has 98 valence electrons. The Morgan fingerprint density at radius 3 is 2.72 bits per heavy atom. The van der Waals surface area contributed by atoms with E-state index in [2.05, 4.69) is 28.0 Å². The molecule has 2 aliphatic rings. The molecule has 1 heterocycles. The summed E-state index contributed by atoms with van der Waals surface area (Å²) >= 11 is 3.57. The van der Waals surface area contributed by atoms with Gasteiger partial charge in [-0.15, -0.1) is 0 Å². The predicted octanol–water partition coefficient (Wildman–Crippen LogP) is 3.13. The molecule has 18 heavy (non-hydrogen) atoms. The molecule has 2 atom stereocenters. The first-order valence-electron chi connectivity index (χ1n) is 6.88. The summed E-state index contributed by atoms with van der Waals surface area (Å²) < 4.78 is 2.97. The fourth-order valence-electron chi connectivity index (χ4n) is 3.62. The molecule has 3 nitrogen and oxygen atoms in total.